The van der Waals surface area contributed by atoms with E-state index in [4.69, 9.17) is 9.47 Å². The lowest BCUT2D eigenvalue weighted by atomic mass is 9.99. The topological polar surface area (TPSA) is 98.6 Å². The van der Waals surface area contributed by atoms with Crippen molar-refractivity contribution >= 4 is 28.5 Å². The zero-order chi connectivity index (χ0) is 28.8. The summed E-state index contributed by atoms with van der Waals surface area (Å²) in [7, 11) is 3.05. The Labute approximate surface area is 238 Å². The van der Waals surface area contributed by atoms with Gasteiger partial charge >= 0.3 is 0 Å². The highest BCUT2D eigenvalue weighted by Crippen LogP contribution is 2.40. The van der Waals surface area contributed by atoms with Gasteiger partial charge in [-0.05, 0) is 42.3 Å². The molecule has 0 aliphatic rings. The van der Waals surface area contributed by atoms with Crippen LogP contribution in [0.5, 0.6) is 11.5 Å². The second-order valence-corrected chi connectivity index (χ2v) is 9.47. The number of methoxy groups -OCH3 is 2. The maximum Gasteiger partial charge on any atom is 0.249 e. The maximum absolute atomic E-state index is 14.3. The second kappa shape index (κ2) is 12.3. The van der Waals surface area contributed by atoms with E-state index in [1.54, 1.807) is 22.9 Å². The molecule has 0 bridgehead atoms. The molecule has 9 nitrogen and oxygen atoms in total. The Kier molecular flexibility index (Phi) is 8.24. The number of aryl methyl sites for hydroxylation is 1. The van der Waals surface area contributed by atoms with Gasteiger partial charge in [0, 0.05) is 17.8 Å². The molecule has 0 saturated carbocycles. The molecule has 1 heterocycles. The molecule has 1 N–H and O–H groups in total. The minimum atomic E-state index is -1.09. The Balaban J connectivity index is 1.63. The van der Waals surface area contributed by atoms with Gasteiger partial charge in [0.2, 0.25) is 11.8 Å². The average molecular weight is 550 g/mol. The number of hydrogen-bond acceptors (Lipinski definition) is 6. The quantitative estimate of drug-likeness (QED) is 0.268. The Hall–Kier alpha value is -5.18. The zero-order valence-electron chi connectivity index (χ0n) is 23.2. The number of nitrogens with zero attached hydrogens (tertiary/aromatic N) is 4. The lowest BCUT2D eigenvalue weighted by Gasteiger charge is -2.33. The summed E-state index contributed by atoms with van der Waals surface area (Å²) in [4.78, 5) is 30.1. The molecule has 0 aliphatic heterocycles. The van der Waals surface area contributed by atoms with Crippen molar-refractivity contribution in [3.63, 3.8) is 0 Å². The van der Waals surface area contributed by atoms with Crippen LogP contribution in [0.3, 0.4) is 0 Å². The third-order valence-electron chi connectivity index (χ3n) is 6.89. The number of amides is 2. The lowest BCUT2D eigenvalue weighted by Crippen LogP contribution is -2.45. The van der Waals surface area contributed by atoms with Gasteiger partial charge in [0.05, 0.1) is 19.7 Å². The minimum Gasteiger partial charge on any atom is -0.493 e. The van der Waals surface area contributed by atoms with E-state index < -0.39 is 6.04 Å². The van der Waals surface area contributed by atoms with Crippen molar-refractivity contribution in [3.8, 4) is 11.5 Å². The standard InChI is InChI=1S/C32H31N5O4/c1-22-12-7-9-17-26(22)37(29(38)21-36-27-18-10-8-16-25(27)34-35-36)30(24-15-11-19-28(40-2)31(24)41-3)32(39)33-20-23-13-5-4-6-14-23/h4-19,30H,20-21H2,1-3H3,(H,33,39). The highest BCUT2D eigenvalue weighted by Gasteiger charge is 2.36. The van der Waals surface area contributed by atoms with Crippen molar-refractivity contribution in [2.75, 3.05) is 19.1 Å². The van der Waals surface area contributed by atoms with Crippen LogP contribution in [0.15, 0.2) is 97.1 Å². The summed E-state index contributed by atoms with van der Waals surface area (Å²) in [6, 6.07) is 28.7. The van der Waals surface area contributed by atoms with E-state index in [-0.39, 0.29) is 24.9 Å². The van der Waals surface area contributed by atoms with Crippen molar-refractivity contribution in [1.82, 2.24) is 20.3 Å². The van der Waals surface area contributed by atoms with Gasteiger partial charge in [-0.2, -0.15) is 0 Å². The van der Waals surface area contributed by atoms with Crippen LogP contribution in [0, 0.1) is 6.92 Å². The predicted octanol–water partition coefficient (Wildman–Crippen LogP) is 4.85. The van der Waals surface area contributed by atoms with E-state index in [2.05, 4.69) is 15.6 Å². The fourth-order valence-corrected chi connectivity index (χ4v) is 4.90. The first-order valence-corrected chi connectivity index (χ1v) is 13.2. The number of ether oxygens (including phenoxy) is 2. The van der Waals surface area contributed by atoms with Crippen LogP contribution in [0.25, 0.3) is 11.0 Å². The van der Waals surface area contributed by atoms with Crippen molar-refractivity contribution in [3.05, 3.63) is 114 Å². The van der Waals surface area contributed by atoms with Crippen LogP contribution < -0.4 is 19.7 Å². The molecule has 0 aliphatic carbocycles. The summed E-state index contributed by atoms with van der Waals surface area (Å²) in [5.41, 5.74) is 4.22. The Morgan fingerprint density at radius 1 is 0.878 bits per heavy atom. The van der Waals surface area contributed by atoms with Crippen LogP contribution in [-0.4, -0.2) is 41.0 Å². The maximum atomic E-state index is 14.3. The fraction of sp³-hybridized carbons (Fsp3) is 0.188. The van der Waals surface area contributed by atoms with Gasteiger partial charge in [-0.25, -0.2) is 4.68 Å². The van der Waals surface area contributed by atoms with Crippen LogP contribution in [-0.2, 0) is 22.7 Å². The molecule has 0 saturated heterocycles. The molecule has 0 spiro atoms. The third-order valence-corrected chi connectivity index (χ3v) is 6.89. The molecule has 0 fully saturated rings. The van der Waals surface area contributed by atoms with Gasteiger partial charge in [0.15, 0.2) is 11.5 Å². The summed E-state index contributed by atoms with van der Waals surface area (Å²) < 4.78 is 12.9. The number of nitrogens with one attached hydrogen (secondary N) is 1. The molecule has 0 radical (unpaired) electrons. The Morgan fingerprint density at radius 2 is 1.61 bits per heavy atom. The fourth-order valence-electron chi connectivity index (χ4n) is 4.90. The van der Waals surface area contributed by atoms with Gasteiger partial charge in [0.1, 0.15) is 18.1 Å². The van der Waals surface area contributed by atoms with Gasteiger partial charge in [-0.15, -0.1) is 5.10 Å². The van der Waals surface area contributed by atoms with Crippen LogP contribution >= 0.6 is 0 Å². The molecule has 5 rings (SSSR count). The van der Waals surface area contributed by atoms with Crippen LogP contribution in [0.4, 0.5) is 5.69 Å². The van der Waals surface area contributed by atoms with E-state index >= 15 is 0 Å². The predicted molar refractivity (Wildman–Crippen MR) is 157 cm³/mol. The van der Waals surface area contributed by atoms with E-state index in [0.717, 1.165) is 16.6 Å². The average Bonchev–Trinajstić information content (AvgIpc) is 3.41. The number of carbonyl (C=O) groups excluding carboxylic acids is 2. The smallest absolute Gasteiger partial charge is 0.249 e. The minimum absolute atomic E-state index is 0.135. The Bertz CT molecular complexity index is 1670. The molecule has 5 aromatic rings. The summed E-state index contributed by atoms with van der Waals surface area (Å²) in [5, 5.41) is 11.5. The summed E-state index contributed by atoms with van der Waals surface area (Å²) in [5.74, 6) is 0.0953. The summed E-state index contributed by atoms with van der Waals surface area (Å²) >= 11 is 0. The van der Waals surface area contributed by atoms with E-state index in [0.29, 0.717) is 28.3 Å². The van der Waals surface area contributed by atoms with Crippen molar-refractivity contribution in [2.24, 2.45) is 0 Å². The third kappa shape index (κ3) is 5.74. The van der Waals surface area contributed by atoms with Gasteiger partial charge in [-0.3, -0.25) is 14.5 Å². The number of carbonyl (C=O) groups is 2. The highest BCUT2D eigenvalue weighted by atomic mass is 16.5. The number of rotatable bonds is 10. The molecule has 1 atom stereocenters. The van der Waals surface area contributed by atoms with Crippen molar-refractivity contribution in [2.45, 2.75) is 26.1 Å². The van der Waals surface area contributed by atoms with Crippen molar-refractivity contribution in [1.29, 1.82) is 0 Å². The monoisotopic (exact) mass is 549 g/mol. The molecule has 208 valence electrons. The van der Waals surface area contributed by atoms with E-state index in [1.807, 2.05) is 85.8 Å². The number of benzene rings is 4. The molecule has 9 heteroatoms. The molecular formula is C32H31N5O4. The molecule has 1 aromatic heterocycles. The molecule has 2 amide bonds. The number of aromatic nitrogens is 3. The number of fused-ring (bicyclic) bond motifs is 1. The zero-order valence-corrected chi connectivity index (χ0v) is 23.2. The van der Waals surface area contributed by atoms with Gasteiger partial charge < -0.3 is 14.8 Å². The summed E-state index contributed by atoms with van der Waals surface area (Å²) in [6.07, 6.45) is 0. The second-order valence-electron chi connectivity index (χ2n) is 9.47. The summed E-state index contributed by atoms with van der Waals surface area (Å²) in [6.45, 7) is 2.05. The van der Waals surface area contributed by atoms with Gasteiger partial charge in [0.25, 0.3) is 0 Å². The Morgan fingerprint density at radius 3 is 2.37 bits per heavy atom. The molecule has 1 unspecified atom stereocenters. The number of hydrogen-bond donors (Lipinski definition) is 1. The largest absolute Gasteiger partial charge is 0.493 e. The number of para-hydroxylation sites is 3. The van der Waals surface area contributed by atoms with Crippen molar-refractivity contribution < 1.29 is 19.1 Å². The molecule has 4 aromatic carbocycles. The van der Waals surface area contributed by atoms with E-state index in [9.17, 15) is 9.59 Å². The molecular weight excluding hydrogens is 518 g/mol. The first-order chi connectivity index (χ1) is 20.0. The lowest BCUT2D eigenvalue weighted by molar-refractivity contribution is -0.127. The molecule has 41 heavy (non-hydrogen) atoms. The van der Waals surface area contributed by atoms with Crippen LogP contribution in [0.1, 0.15) is 22.7 Å². The highest BCUT2D eigenvalue weighted by molar-refractivity contribution is 6.02. The van der Waals surface area contributed by atoms with Gasteiger partial charge in [-0.1, -0.05) is 78.0 Å². The van der Waals surface area contributed by atoms with Crippen LogP contribution in [0.2, 0.25) is 0 Å². The first kappa shape index (κ1) is 27.4. The normalized spacial score (nSPS) is 11.6. The number of anilines is 1. The van der Waals surface area contributed by atoms with E-state index in [1.165, 1.54) is 19.1 Å². The first-order valence-electron chi connectivity index (χ1n) is 13.2. The SMILES string of the molecule is COc1cccc(C(C(=O)NCc2ccccc2)N(C(=O)Cn2nnc3ccccc32)c2ccccc2C)c1OC.